The fraction of sp³-hybridized carbons (Fsp3) is 0.300. The summed E-state index contributed by atoms with van der Waals surface area (Å²) in [4.78, 5) is 14.2. The number of hydrogen-bond acceptors (Lipinski definition) is 2. The van der Waals surface area contributed by atoms with Crippen LogP contribution in [0.2, 0.25) is 0 Å². The van der Waals surface area contributed by atoms with Crippen LogP contribution in [0.1, 0.15) is 5.56 Å². The van der Waals surface area contributed by atoms with Crippen molar-refractivity contribution in [2.45, 2.75) is 6.54 Å². The van der Waals surface area contributed by atoms with Gasteiger partial charge in [-0.15, -0.1) is 0 Å². The summed E-state index contributed by atoms with van der Waals surface area (Å²) in [6, 6.07) is 4.00. The van der Waals surface area contributed by atoms with Gasteiger partial charge in [0.1, 0.15) is 0 Å². The Balaban J connectivity index is 2.73. The van der Waals surface area contributed by atoms with Crippen molar-refractivity contribution in [3.8, 4) is 0 Å². The minimum absolute atomic E-state index is 0.0905. The van der Waals surface area contributed by atoms with Crippen LogP contribution in [0.3, 0.4) is 0 Å². The maximum absolute atomic E-state index is 11.4. The fourth-order valence-corrected chi connectivity index (χ4v) is 2.47. The summed E-state index contributed by atoms with van der Waals surface area (Å²) in [5, 5.41) is 3.08. The lowest BCUT2D eigenvalue weighted by Gasteiger charge is -2.03. The van der Waals surface area contributed by atoms with Gasteiger partial charge < -0.3 is 10.3 Å². The summed E-state index contributed by atoms with van der Waals surface area (Å²) in [7, 11) is 3.65. The molecule has 5 heteroatoms. The Hall–Kier alpha value is -1.07. The molecule has 1 heterocycles. The summed E-state index contributed by atoms with van der Waals surface area (Å²) in [5.74, 6) is 0. The van der Waals surface area contributed by atoms with E-state index in [1.54, 1.807) is 11.6 Å². The van der Waals surface area contributed by atoms with E-state index in [2.05, 4.69) is 26.2 Å². The highest BCUT2D eigenvalue weighted by Crippen LogP contribution is 2.23. The van der Waals surface area contributed by atoms with Gasteiger partial charge in [-0.05, 0) is 40.7 Å². The Bertz CT molecular complexity index is 556. The number of imidazole rings is 1. The fourth-order valence-electron chi connectivity index (χ4n) is 1.70. The number of halogens is 1. The molecule has 0 fully saturated rings. The van der Waals surface area contributed by atoms with E-state index in [4.69, 9.17) is 0 Å². The molecule has 0 amide bonds. The van der Waals surface area contributed by atoms with Crippen LogP contribution in [0.15, 0.2) is 21.4 Å². The predicted molar refractivity (Wildman–Crippen MR) is 64.0 cm³/mol. The number of nitrogens with one attached hydrogen (secondary N) is 2. The average molecular weight is 270 g/mol. The molecule has 80 valence electrons. The van der Waals surface area contributed by atoms with Crippen molar-refractivity contribution in [1.82, 2.24) is 14.9 Å². The molecular formula is C10H12BrN3O. The Morgan fingerprint density at radius 2 is 2.27 bits per heavy atom. The van der Waals surface area contributed by atoms with Gasteiger partial charge in [0.05, 0.1) is 11.0 Å². The molecule has 0 aliphatic rings. The molecule has 0 saturated heterocycles. The lowest BCUT2D eigenvalue weighted by Crippen LogP contribution is -2.11. The Morgan fingerprint density at radius 1 is 1.53 bits per heavy atom. The van der Waals surface area contributed by atoms with Gasteiger partial charge in [0.2, 0.25) is 0 Å². The van der Waals surface area contributed by atoms with Gasteiger partial charge in [-0.3, -0.25) is 4.57 Å². The van der Waals surface area contributed by atoms with E-state index in [1.165, 1.54) is 0 Å². The van der Waals surface area contributed by atoms with Crippen LogP contribution >= 0.6 is 15.9 Å². The summed E-state index contributed by atoms with van der Waals surface area (Å²) >= 11 is 3.47. The van der Waals surface area contributed by atoms with Crippen molar-refractivity contribution in [3.63, 3.8) is 0 Å². The number of H-pyrrole nitrogens is 1. The molecule has 0 bridgehead atoms. The third kappa shape index (κ3) is 1.72. The second-order valence-electron chi connectivity index (χ2n) is 3.49. The normalized spacial score (nSPS) is 11.1. The molecule has 2 rings (SSSR count). The molecule has 0 atom stereocenters. The van der Waals surface area contributed by atoms with Gasteiger partial charge in [0.15, 0.2) is 0 Å². The number of aromatic nitrogens is 2. The molecule has 2 aromatic rings. The van der Waals surface area contributed by atoms with Crippen molar-refractivity contribution in [1.29, 1.82) is 0 Å². The monoisotopic (exact) mass is 269 g/mol. The van der Waals surface area contributed by atoms with Gasteiger partial charge in [-0.25, -0.2) is 4.79 Å². The lowest BCUT2D eigenvalue weighted by atomic mass is 10.2. The number of fused-ring (bicyclic) bond motifs is 1. The van der Waals surface area contributed by atoms with Crippen LogP contribution in [0.4, 0.5) is 0 Å². The van der Waals surface area contributed by atoms with Crippen molar-refractivity contribution >= 4 is 27.0 Å². The molecule has 0 unspecified atom stereocenters. The average Bonchev–Trinajstić information content (AvgIpc) is 2.43. The van der Waals surface area contributed by atoms with Crippen molar-refractivity contribution in [2.75, 3.05) is 7.05 Å². The molecule has 0 radical (unpaired) electrons. The minimum atomic E-state index is -0.0905. The number of benzene rings is 1. The first-order valence-corrected chi connectivity index (χ1v) is 5.44. The third-order valence-corrected chi connectivity index (χ3v) is 2.99. The van der Waals surface area contributed by atoms with Crippen molar-refractivity contribution in [2.24, 2.45) is 7.05 Å². The number of aromatic amines is 1. The van der Waals surface area contributed by atoms with E-state index >= 15 is 0 Å². The first-order chi connectivity index (χ1) is 7.13. The summed E-state index contributed by atoms with van der Waals surface area (Å²) in [6.45, 7) is 0.783. The van der Waals surface area contributed by atoms with Gasteiger partial charge in [0, 0.05) is 18.1 Å². The van der Waals surface area contributed by atoms with E-state index < -0.39 is 0 Å². The molecule has 0 aliphatic heterocycles. The first kappa shape index (κ1) is 10.4. The van der Waals surface area contributed by atoms with E-state index in [0.29, 0.717) is 0 Å². The summed E-state index contributed by atoms with van der Waals surface area (Å²) < 4.78 is 2.54. The molecule has 2 N–H and O–H groups in total. The van der Waals surface area contributed by atoms with Crippen LogP contribution < -0.4 is 11.0 Å². The van der Waals surface area contributed by atoms with Crippen LogP contribution in [-0.2, 0) is 13.6 Å². The maximum Gasteiger partial charge on any atom is 0.326 e. The largest absolute Gasteiger partial charge is 0.326 e. The van der Waals surface area contributed by atoms with E-state index in [0.717, 1.165) is 27.6 Å². The van der Waals surface area contributed by atoms with E-state index in [9.17, 15) is 4.79 Å². The summed E-state index contributed by atoms with van der Waals surface area (Å²) in [5.41, 5.74) is 2.81. The topological polar surface area (TPSA) is 49.8 Å². The van der Waals surface area contributed by atoms with Crippen LogP contribution in [0.25, 0.3) is 11.0 Å². The zero-order valence-corrected chi connectivity index (χ0v) is 10.2. The standard InChI is InChI=1S/C10H12BrN3O/c1-12-5-6-3-7(11)9-8(4-6)13-10(15)14(9)2/h3-4,12H,5H2,1-2H3,(H,13,15). The maximum atomic E-state index is 11.4. The molecule has 0 aliphatic carbocycles. The second kappa shape index (κ2) is 3.83. The molecule has 15 heavy (non-hydrogen) atoms. The van der Waals surface area contributed by atoms with Gasteiger partial charge in [-0.2, -0.15) is 0 Å². The zero-order valence-electron chi connectivity index (χ0n) is 8.60. The highest BCUT2D eigenvalue weighted by molar-refractivity contribution is 9.10. The minimum Gasteiger partial charge on any atom is -0.316 e. The Morgan fingerprint density at radius 3 is 2.93 bits per heavy atom. The Labute approximate surface area is 95.4 Å². The smallest absolute Gasteiger partial charge is 0.316 e. The Kier molecular flexibility index (Phi) is 2.67. The number of nitrogens with zero attached hydrogens (tertiary/aromatic N) is 1. The molecule has 0 spiro atoms. The number of rotatable bonds is 2. The number of aryl methyl sites for hydroxylation is 1. The number of hydrogen-bond donors (Lipinski definition) is 2. The van der Waals surface area contributed by atoms with Crippen LogP contribution in [0.5, 0.6) is 0 Å². The lowest BCUT2D eigenvalue weighted by molar-refractivity contribution is 0.818. The highest BCUT2D eigenvalue weighted by atomic mass is 79.9. The highest BCUT2D eigenvalue weighted by Gasteiger charge is 2.08. The predicted octanol–water partition coefficient (Wildman–Crippen LogP) is 1.35. The molecule has 4 nitrogen and oxygen atoms in total. The van der Waals surface area contributed by atoms with Crippen LogP contribution in [-0.4, -0.2) is 16.6 Å². The van der Waals surface area contributed by atoms with Gasteiger partial charge in [-0.1, -0.05) is 0 Å². The summed E-state index contributed by atoms with van der Waals surface area (Å²) in [6.07, 6.45) is 0. The molecule has 1 aromatic carbocycles. The van der Waals surface area contributed by atoms with Crippen molar-refractivity contribution in [3.05, 3.63) is 32.7 Å². The van der Waals surface area contributed by atoms with Gasteiger partial charge in [0.25, 0.3) is 0 Å². The van der Waals surface area contributed by atoms with E-state index in [1.807, 2.05) is 19.2 Å². The molecular weight excluding hydrogens is 258 g/mol. The van der Waals surface area contributed by atoms with Crippen LogP contribution in [0, 0.1) is 0 Å². The zero-order chi connectivity index (χ0) is 11.0. The SMILES string of the molecule is CNCc1cc(Br)c2c(c1)[nH]c(=O)n2C. The quantitative estimate of drug-likeness (QED) is 0.865. The van der Waals surface area contributed by atoms with Gasteiger partial charge >= 0.3 is 5.69 Å². The second-order valence-corrected chi connectivity index (χ2v) is 4.35. The van der Waals surface area contributed by atoms with E-state index in [-0.39, 0.29) is 5.69 Å². The third-order valence-electron chi connectivity index (χ3n) is 2.39. The molecule has 1 aromatic heterocycles. The first-order valence-electron chi connectivity index (χ1n) is 4.65. The molecule has 0 saturated carbocycles. The van der Waals surface area contributed by atoms with Crippen molar-refractivity contribution < 1.29 is 0 Å².